The monoisotopic (exact) mass is 335 g/mol. The molecular weight excluding hydrogens is 306 g/mol. The number of hydrogen-bond donors (Lipinski definition) is 2. The fourth-order valence-electron chi connectivity index (χ4n) is 4.46. The summed E-state index contributed by atoms with van der Waals surface area (Å²) in [5.41, 5.74) is 0.584. The molecule has 0 spiro atoms. The Morgan fingerprint density at radius 2 is 1.75 bits per heavy atom. The average molecular weight is 335 g/mol. The highest BCUT2D eigenvalue weighted by Crippen LogP contribution is 2.42. The number of piperidine rings is 1. The van der Waals surface area contributed by atoms with Crippen molar-refractivity contribution in [2.75, 3.05) is 27.9 Å². The summed E-state index contributed by atoms with van der Waals surface area (Å²) in [6, 6.07) is 4.14. The fourth-order valence-corrected chi connectivity index (χ4v) is 4.46. The van der Waals surface area contributed by atoms with Crippen LogP contribution in [0.5, 0.6) is 17.2 Å². The molecule has 3 atom stereocenters. The van der Waals surface area contributed by atoms with E-state index in [9.17, 15) is 5.11 Å². The first kappa shape index (κ1) is 17.4. The molecule has 3 unspecified atom stereocenters. The van der Waals surface area contributed by atoms with E-state index in [0.29, 0.717) is 17.4 Å². The molecule has 1 aliphatic carbocycles. The molecule has 1 aliphatic heterocycles. The molecule has 5 heteroatoms. The second-order valence-electron chi connectivity index (χ2n) is 6.99. The van der Waals surface area contributed by atoms with Gasteiger partial charge in [0.15, 0.2) is 11.5 Å². The molecule has 2 fully saturated rings. The third kappa shape index (κ3) is 3.20. The van der Waals surface area contributed by atoms with Gasteiger partial charge in [0.05, 0.1) is 26.9 Å². The van der Waals surface area contributed by atoms with Crippen LogP contribution in [0.3, 0.4) is 0 Å². The zero-order chi connectivity index (χ0) is 17.2. The Morgan fingerprint density at radius 3 is 2.46 bits per heavy atom. The van der Waals surface area contributed by atoms with Gasteiger partial charge in [0.25, 0.3) is 0 Å². The Bertz CT molecular complexity index is 573. The number of benzene rings is 1. The van der Waals surface area contributed by atoms with Crippen molar-refractivity contribution >= 4 is 0 Å². The molecule has 1 saturated carbocycles. The standard InChI is InChI=1S/C19H29NO4/c1-22-16-12-18(24-3)17(23-2)11-13(16)10-15-14-6-4-5-7-19(14,21)8-9-20-15/h11-12,14-15,20-21H,4-10H2,1-3H3. The lowest BCUT2D eigenvalue weighted by Gasteiger charge is -2.48. The van der Waals surface area contributed by atoms with E-state index in [4.69, 9.17) is 14.2 Å². The number of methoxy groups -OCH3 is 3. The van der Waals surface area contributed by atoms with E-state index in [1.807, 2.05) is 12.1 Å². The SMILES string of the molecule is COc1cc(OC)c(OC)cc1CC1NCCC2(O)CCCCC12. The second-order valence-corrected chi connectivity index (χ2v) is 6.99. The molecular formula is C19H29NO4. The van der Waals surface area contributed by atoms with E-state index < -0.39 is 5.60 Å². The van der Waals surface area contributed by atoms with Crippen LogP contribution in [0.4, 0.5) is 0 Å². The van der Waals surface area contributed by atoms with Gasteiger partial charge in [0.2, 0.25) is 0 Å². The van der Waals surface area contributed by atoms with Gasteiger partial charge in [0, 0.05) is 18.0 Å². The number of fused-ring (bicyclic) bond motifs is 1. The number of ether oxygens (including phenoxy) is 3. The van der Waals surface area contributed by atoms with Gasteiger partial charge in [-0.1, -0.05) is 12.8 Å². The van der Waals surface area contributed by atoms with Crippen LogP contribution in [-0.2, 0) is 6.42 Å². The first-order valence-electron chi connectivity index (χ1n) is 8.86. The zero-order valence-corrected chi connectivity index (χ0v) is 14.9. The smallest absolute Gasteiger partial charge is 0.164 e. The molecule has 0 bridgehead atoms. The largest absolute Gasteiger partial charge is 0.496 e. The molecule has 1 saturated heterocycles. The summed E-state index contributed by atoms with van der Waals surface area (Å²) in [4.78, 5) is 0. The van der Waals surface area contributed by atoms with Crippen molar-refractivity contribution in [1.82, 2.24) is 5.32 Å². The summed E-state index contributed by atoms with van der Waals surface area (Å²) in [5.74, 6) is 2.49. The molecule has 3 rings (SSSR count). The van der Waals surface area contributed by atoms with Gasteiger partial charge >= 0.3 is 0 Å². The first-order chi connectivity index (χ1) is 11.6. The van der Waals surface area contributed by atoms with E-state index in [0.717, 1.165) is 50.0 Å². The summed E-state index contributed by atoms with van der Waals surface area (Å²) in [6.07, 6.45) is 6.03. The van der Waals surface area contributed by atoms with Gasteiger partial charge < -0.3 is 24.6 Å². The Hall–Kier alpha value is -1.46. The summed E-state index contributed by atoms with van der Waals surface area (Å²) in [5, 5.41) is 14.7. The van der Waals surface area contributed by atoms with Gasteiger partial charge in [-0.05, 0) is 43.9 Å². The third-order valence-corrected chi connectivity index (χ3v) is 5.74. The molecule has 0 radical (unpaired) electrons. The van der Waals surface area contributed by atoms with Crippen molar-refractivity contribution in [2.24, 2.45) is 5.92 Å². The predicted molar refractivity (Wildman–Crippen MR) is 93.1 cm³/mol. The summed E-state index contributed by atoms with van der Waals surface area (Å²) >= 11 is 0. The van der Waals surface area contributed by atoms with Crippen LogP contribution in [0.2, 0.25) is 0 Å². The average Bonchev–Trinajstić information content (AvgIpc) is 2.60. The maximum Gasteiger partial charge on any atom is 0.164 e. The molecule has 1 aromatic rings. The highest BCUT2D eigenvalue weighted by atomic mass is 16.5. The molecule has 1 aromatic carbocycles. The highest BCUT2D eigenvalue weighted by Gasteiger charge is 2.45. The second kappa shape index (κ2) is 7.19. The number of aliphatic hydroxyl groups is 1. The van der Waals surface area contributed by atoms with Crippen molar-refractivity contribution in [1.29, 1.82) is 0 Å². The molecule has 2 aliphatic rings. The quantitative estimate of drug-likeness (QED) is 0.866. The van der Waals surface area contributed by atoms with Crippen molar-refractivity contribution < 1.29 is 19.3 Å². The minimum atomic E-state index is -0.502. The number of hydrogen-bond acceptors (Lipinski definition) is 5. The van der Waals surface area contributed by atoms with Crippen LogP contribution in [-0.4, -0.2) is 44.6 Å². The molecule has 24 heavy (non-hydrogen) atoms. The summed E-state index contributed by atoms with van der Waals surface area (Å²) in [7, 11) is 4.95. The Balaban J connectivity index is 1.86. The van der Waals surface area contributed by atoms with Gasteiger partial charge in [0.1, 0.15) is 5.75 Å². The van der Waals surface area contributed by atoms with Crippen LogP contribution in [0.15, 0.2) is 12.1 Å². The Morgan fingerprint density at radius 1 is 1.04 bits per heavy atom. The van der Waals surface area contributed by atoms with Gasteiger partial charge in [-0.3, -0.25) is 0 Å². The maximum atomic E-state index is 11.0. The molecule has 134 valence electrons. The molecule has 0 aromatic heterocycles. The van der Waals surface area contributed by atoms with E-state index in [1.54, 1.807) is 21.3 Å². The minimum absolute atomic E-state index is 0.260. The van der Waals surface area contributed by atoms with Crippen LogP contribution in [0.25, 0.3) is 0 Å². The van der Waals surface area contributed by atoms with E-state index in [-0.39, 0.29) is 6.04 Å². The minimum Gasteiger partial charge on any atom is -0.496 e. The van der Waals surface area contributed by atoms with Crippen molar-refractivity contribution in [3.63, 3.8) is 0 Å². The van der Waals surface area contributed by atoms with Gasteiger partial charge in [-0.15, -0.1) is 0 Å². The van der Waals surface area contributed by atoms with E-state index in [1.165, 1.54) is 6.42 Å². The van der Waals surface area contributed by atoms with E-state index in [2.05, 4.69) is 5.32 Å². The van der Waals surface area contributed by atoms with Gasteiger partial charge in [-0.25, -0.2) is 0 Å². The Labute approximate surface area is 144 Å². The first-order valence-corrected chi connectivity index (χ1v) is 8.86. The van der Waals surface area contributed by atoms with Crippen LogP contribution >= 0.6 is 0 Å². The molecule has 0 amide bonds. The number of rotatable bonds is 5. The number of nitrogens with one attached hydrogen (secondary N) is 1. The fraction of sp³-hybridized carbons (Fsp3) is 0.684. The lowest BCUT2D eigenvalue weighted by molar-refractivity contribution is -0.0851. The van der Waals surface area contributed by atoms with Crippen LogP contribution in [0, 0.1) is 5.92 Å². The topological polar surface area (TPSA) is 60.0 Å². The van der Waals surface area contributed by atoms with E-state index >= 15 is 0 Å². The molecule has 2 N–H and O–H groups in total. The maximum absolute atomic E-state index is 11.0. The summed E-state index contributed by atoms with van der Waals surface area (Å²) < 4.78 is 16.4. The van der Waals surface area contributed by atoms with Crippen molar-refractivity contribution in [3.05, 3.63) is 17.7 Å². The molecule has 1 heterocycles. The van der Waals surface area contributed by atoms with Crippen molar-refractivity contribution in [2.45, 2.75) is 50.2 Å². The normalized spacial score (nSPS) is 29.7. The zero-order valence-electron chi connectivity index (χ0n) is 14.9. The Kier molecular flexibility index (Phi) is 5.21. The van der Waals surface area contributed by atoms with Crippen LogP contribution in [0.1, 0.15) is 37.7 Å². The van der Waals surface area contributed by atoms with Crippen LogP contribution < -0.4 is 19.5 Å². The van der Waals surface area contributed by atoms with Crippen molar-refractivity contribution in [3.8, 4) is 17.2 Å². The summed E-state index contributed by atoms with van der Waals surface area (Å²) in [6.45, 7) is 0.868. The lowest BCUT2D eigenvalue weighted by Crippen LogP contribution is -2.58. The highest BCUT2D eigenvalue weighted by molar-refractivity contribution is 5.51. The third-order valence-electron chi connectivity index (χ3n) is 5.74. The molecule has 5 nitrogen and oxygen atoms in total. The predicted octanol–water partition coefficient (Wildman–Crippen LogP) is 2.54. The van der Waals surface area contributed by atoms with Gasteiger partial charge in [-0.2, -0.15) is 0 Å². The lowest BCUT2D eigenvalue weighted by atomic mass is 9.67.